The lowest BCUT2D eigenvalue weighted by Gasteiger charge is -2.06. The first-order valence-corrected chi connectivity index (χ1v) is 7.11. The van der Waals surface area contributed by atoms with E-state index in [1.54, 1.807) is 13.1 Å². The quantitative estimate of drug-likeness (QED) is 0.632. The molecule has 0 amide bonds. The Kier molecular flexibility index (Phi) is 3.81. The third-order valence-corrected chi connectivity index (χ3v) is 4.11. The normalized spacial score (nSPS) is 11.4. The maximum atomic E-state index is 12.0. The summed E-state index contributed by atoms with van der Waals surface area (Å²) >= 11 is 0. The van der Waals surface area contributed by atoms with Gasteiger partial charge in [0.2, 0.25) is 10.0 Å². The number of rotatable bonds is 5. The van der Waals surface area contributed by atoms with Crippen LogP contribution in [0.3, 0.4) is 0 Å². The van der Waals surface area contributed by atoms with E-state index in [2.05, 4.69) is 14.9 Å². The number of nitrogens with zero attached hydrogens (tertiary/aromatic N) is 2. The minimum absolute atomic E-state index is 0.0561. The van der Waals surface area contributed by atoms with Gasteiger partial charge in [-0.2, -0.15) is 5.10 Å². The summed E-state index contributed by atoms with van der Waals surface area (Å²) in [5.41, 5.74) is 0.843. The highest BCUT2D eigenvalue weighted by molar-refractivity contribution is 7.89. The number of aryl methyl sites for hydroxylation is 1. The summed E-state index contributed by atoms with van der Waals surface area (Å²) in [4.78, 5) is 10.1. The fourth-order valence-corrected chi connectivity index (χ4v) is 2.63. The second-order valence-electron chi connectivity index (χ2n) is 4.14. The van der Waals surface area contributed by atoms with E-state index in [-0.39, 0.29) is 17.1 Å². The number of nitrogens with one attached hydrogen (secondary N) is 2. The third kappa shape index (κ3) is 3.00. The second-order valence-corrected chi connectivity index (χ2v) is 5.90. The molecule has 0 unspecified atom stereocenters. The van der Waals surface area contributed by atoms with Gasteiger partial charge in [0.25, 0.3) is 5.69 Å². The summed E-state index contributed by atoms with van der Waals surface area (Å²) in [6.45, 7) is 1.61. The van der Waals surface area contributed by atoms with Gasteiger partial charge in [-0.15, -0.1) is 0 Å². The Balaban J connectivity index is 2.25. The third-order valence-electron chi connectivity index (χ3n) is 2.71. The van der Waals surface area contributed by atoms with E-state index in [9.17, 15) is 18.5 Å². The molecule has 1 heterocycles. The van der Waals surface area contributed by atoms with Crippen LogP contribution in [0, 0.1) is 17.0 Å². The zero-order valence-corrected chi connectivity index (χ0v) is 11.3. The van der Waals surface area contributed by atoms with Gasteiger partial charge in [-0.3, -0.25) is 15.2 Å². The first kappa shape index (κ1) is 14.2. The summed E-state index contributed by atoms with van der Waals surface area (Å²) in [6.07, 6.45) is 3.04. The van der Waals surface area contributed by atoms with Crippen LogP contribution in [-0.2, 0) is 16.6 Å². The van der Waals surface area contributed by atoms with E-state index in [4.69, 9.17) is 0 Å². The van der Waals surface area contributed by atoms with Gasteiger partial charge in [0.05, 0.1) is 16.0 Å². The topological polar surface area (TPSA) is 118 Å². The van der Waals surface area contributed by atoms with Gasteiger partial charge in [0.15, 0.2) is 0 Å². The van der Waals surface area contributed by atoms with Crippen LogP contribution in [0.25, 0.3) is 0 Å². The maximum absolute atomic E-state index is 12.0. The highest BCUT2D eigenvalue weighted by atomic mass is 32.2. The van der Waals surface area contributed by atoms with Crippen LogP contribution in [0.4, 0.5) is 5.69 Å². The molecule has 20 heavy (non-hydrogen) atoms. The molecule has 2 rings (SSSR count). The number of aromatic amines is 1. The highest BCUT2D eigenvalue weighted by Gasteiger charge is 2.19. The smallest absolute Gasteiger partial charge is 0.273 e. The van der Waals surface area contributed by atoms with Gasteiger partial charge in [0, 0.05) is 29.9 Å². The number of hydrogen-bond donors (Lipinski definition) is 2. The van der Waals surface area contributed by atoms with Crippen molar-refractivity contribution in [2.75, 3.05) is 0 Å². The summed E-state index contributed by atoms with van der Waals surface area (Å²) in [7, 11) is -3.81. The van der Waals surface area contributed by atoms with Crippen LogP contribution in [-0.4, -0.2) is 23.5 Å². The molecule has 0 spiro atoms. The lowest BCUT2D eigenvalue weighted by Crippen LogP contribution is -2.23. The van der Waals surface area contributed by atoms with Crippen LogP contribution >= 0.6 is 0 Å². The zero-order valence-electron chi connectivity index (χ0n) is 10.5. The number of nitro benzene ring substituents is 1. The van der Waals surface area contributed by atoms with Gasteiger partial charge in [-0.1, -0.05) is 6.07 Å². The van der Waals surface area contributed by atoms with Crippen molar-refractivity contribution in [3.05, 3.63) is 51.8 Å². The van der Waals surface area contributed by atoms with Crippen molar-refractivity contribution in [3.8, 4) is 0 Å². The molecule has 2 N–H and O–H groups in total. The number of H-pyrrole nitrogens is 1. The van der Waals surface area contributed by atoms with Crippen LogP contribution in [0.5, 0.6) is 0 Å². The number of nitro groups is 1. The van der Waals surface area contributed by atoms with Crippen molar-refractivity contribution in [1.82, 2.24) is 14.9 Å². The van der Waals surface area contributed by atoms with Crippen molar-refractivity contribution in [1.29, 1.82) is 0 Å². The van der Waals surface area contributed by atoms with Gasteiger partial charge in [-0.25, -0.2) is 13.1 Å². The molecule has 0 radical (unpaired) electrons. The minimum atomic E-state index is -3.81. The van der Waals surface area contributed by atoms with Crippen LogP contribution in [0.1, 0.15) is 11.1 Å². The van der Waals surface area contributed by atoms with Gasteiger partial charge in [0.1, 0.15) is 0 Å². The van der Waals surface area contributed by atoms with E-state index in [0.717, 1.165) is 6.07 Å². The highest BCUT2D eigenvalue weighted by Crippen LogP contribution is 2.22. The molecule has 106 valence electrons. The Morgan fingerprint density at radius 1 is 1.45 bits per heavy atom. The predicted molar refractivity (Wildman–Crippen MR) is 70.4 cm³/mol. The fourth-order valence-electron chi connectivity index (χ4n) is 1.59. The molecule has 0 atom stereocenters. The molecule has 0 fully saturated rings. The molecule has 1 aromatic heterocycles. The molecule has 2 aromatic rings. The lowest BCUT2D eigenvalue weighted by atomic mass is 10.2. The Labute approximate surface area is 115 Å². The number of benzene rings is 1. The average molecular weight is 296 g/mol. The van der Waals surface area contributed by atoms with Crippen LogP contribution in [0.2, 0.25) is 0 Å². The monoisotopic (exact) mass is 296 g/mol. The van der Waals surface area contributed by atoms with Gasteiger partial charge >= 0.3 is 0 Å². The molecule has 0 aliphatic heterocycles. The Hall–Kier alpha value is -2.26. The molecular weight excluding hydrogens is 284 g/mol. The summed E-state index contributed by atoms with van der Waals surface area (Å²) in [5, 5.41) is 17.1. The minimum Gasteiger partial charge on any atom is -0.285 e. The van der Waals surface area contributed by atoms with Crippen LogP contribution in [0.15, 0.2) is 35.5 Å². The Bertz CT molecular complexity index is 725. The molecule has 9 heteroatoms. The molecular formula is C11H12N4O4S. The first-order valence-electron chi connectivity index (χ1n) is 5.62. The second kappa shape index (κ2) is 5.39. The SMILES string of the molecule is Cc1ccc(S(=O)(=O)NCc2cn[nH]c2)cc1[N+](=O)[O-]. The van der Waals surface area contributed by atoms with E-state index in [0.29, 0.717) is 11.1 Å². The molecule has 0 saturated heterocycles. The van der Waals surface area contributed by atoms with E-state index in [1.165, 1.54) is 18.3 Å². The Morgan fingerprint density at radius 3 is 2.80 bits per heavy atom. The molecule has 0 aliphatic carbocycles. The molecule has 1 aromatic carbocycles. The first-order chi connectivity index (χ1) is 9.40. The molecule has 8 nitrogen and oxygen atoms in total. The van der Waals surface area contributed by atoms with Crippen molar-refractivity contribution in [2.45, 2.75) is 18.4 Å². The van der Waals surface area contributed by atoms with Gasteiger partial charge < -0.3 is 0 Å². The van der Waals surface area contributed by atoms with Crippen LogP contribution < -0.4 is 4.72 Å². The zero-order chi connectivity index (χ0) is 14.8. The molecule has 0 saturated carbocycles. The number of sulfonamides is 1. The van der Waals surface area contributed by atoms with Crippen molar-refractivity contribution < 1.29 is 13.3 Å². The fraction of sp³-hybridized carbons (Fsp3) is 0.182. The molecule has 0 bridgehead atoms. The van der Waals surface area contributed by atoms with Crippen molar-refractivity contribution in [2.24, 2.45) is 0 Å². The van der Waals surface area contributed by atoms with E-state index >= 15 is 0 Å². The summed E-state index contributed by atoms with van der Waals surface area (Å²) in [5.74, 6) is 0. The standard InChI is InChI=1S/C11H12N4O4S/c1-8-2-3-10(4-11(8)15(16)17)20(18,19)14-7-9-5-12-13-6-9/h2-6,14H,7H2,1H3,(H,12,13). The maximum Gasteiger partial charge on any atom is 0.273 e. The van der Waals surface area contributed by atoms with Crippen molar-refractivity contribution >= 4 is 15.7 Å². The molecule has 0 aliphatic rings. The largest absolute Gasteiger partial charge is 0.285 e. The van der Waals surface area contributed by atoms with Crippen molar-refractivity contribution in [3.63, 3.8) is 0 Å². The number of aromatic nitrogens is 2. The Morgan fingerprint density at radius 2 is 2.20 bits per heavy atom. The summed E-state index contributed by atoms with van der Waals surface area (Å²) in [6, 6.07) is 3.79. The predicted octanol–water partition coefficient (Wildman–Crippen LogP) is 1.10. The lowest BCUT2D eigenvalue weighted by molar-refractivity contribution is -0.385. The van der Waals surface area contributed by atoms with E-state index in [1.807, 2.05) is 0 Å². The number of hydrogen-bond acceptors (Lipinski definition) is 5. The van der Waals surface area contributed by atoms with Gasteiger partial charge in [-0.05, 0) is 13.0 Å². The average Bonchev–Trinajstić information content (AvgIpc) is 2.89. The van der Waals surface area contributed by atoms with E-state index < -0.39 is 14.9 Å². The summed E-state index contributed by atoms with van der Waals surface area (Å²) < 4.78 is 26.5.